The zero-order chi connectivity index (χ0) is 18.7. The SMILES string of the molecule is CC[C@@]1(c2ccc(OC)cc2)NC(=O)N(CC(=O)N2CCOCC2)C1=O. The first-order valence-electron chi connectivity index (χ1n) is 8.66. The maximum absolute atomic E-state index is 13.1. The quantitative estimate of drug-likeness (QED) is 0.781. The molecule has 1 aromatic carbocycles. The molecule has 0 saturated carbocycles. The first kappa shape index (κ1) is 18.2. The largest absolute Gasteiger partial charge is 0.497 e. The van der Waals surface area contributed by atoms with Crippen LogP contribution in [0.1, 0.15) is 18.9 Å². The van der Waals surface area contributed by atoms with Crippen molar-refractivity contribution < 1.29 is 23.9 Å². The van der Waals surface area contributed by atoms with Gasteiger partial charge in [0.25, 0.3) is 5.91 Å². The fourth-order valence-corrected chi connectivity index (χ4v) is 3.33. The molecule has 0 bridgehead atoms. The molecule has 0 spiro atoms. The number of rotatable bonds is 5. The van der Waals surface area contributed by atoms with Gasteiger partial charge in [-0.2, -0.15) is 0 Å². The fraction of sp³-hybridized carbons (Fsp3) is 0.500. The van der Waals surface area contributed by atoms with Gasteiger partial charge in [0.2, 0.25) is 5.91 Å². The number of morpholine rings is 1. The highest BCUT2D eigenvalue weighted by Gasteiger charge is 2.51. The first-order chi connectivity index (χ1) is 12.5. The van der Waals surface area contributed by atoms with Crippen LogP contribution in [-0.2, 0) is 19.9 Å². The van der Waals surface area contributed by atoms with E-state index in [1.165, 1.54) is 0 Å². The average molecular weight is 361 g/mol. The molecule has 0 aliphatic carbocycles. The number of carbonyl (C=O) groups is 3. The minimum Gasteiger partial charge on any atom is -0.497 e. The Morgan fingerprint density at radius 1 is 1.23 bits per heavy atom. The van der Waals surface area contributed by atoms with E-state index in [2.05, 4.69) is 5.32 Å². The van der Waals surface area contributed by atoms with Crippen LogP contribution in [0.4, 0.5) is 4.79 Å². The lowest BCUT2D eigenvalue weighted by Crippen LogP contribution is -2.48. The van der Waals surface area contributed by atoms with Crippen molar-refractivity contribution in [3.05, 3.63) is 29.8 Å². The second-order valence-electron chi connectivity index (χ2n) is 6.30. The topological polar surface area (TPSA) is 88.2 Å². The molecule has 2 fully saturated rings. The summed E-state index contributed by atoms with van der Waals surface area (Å²) < 4.78 is 10.4. The summed E-state index contributed by atoms with van der Waals surface area (Å²) in [6.07, 6.45) is 0.381. The smallest absolute Gasteiger partial charge is 0.325 e. The standard InChI is InChI=1S/C18H23N3O5/c1-3-18(13-4-6-14(25-2)7-5-13)16(23)21(17(24)19-18)12-15(22)20-8-10-26-11-9-20/h4-7H,3,8-12H2,1-2H3,(H,19,24)/t18-/m0/s1. The summed E-state index contributed by atoms with van der Waals surface area (Å²) in [5.41, 5.74) is -0.491. The van der Waals surface area contributed by atoms with Crippen LogP contribution in [0.5, 0.6) is 5.75 Å². The Bertz CT molecular complexity index is 699. The third-order valence-corrected chi connectivity index (χ3v) is 4.95. The summed E-state index contributed by atoms with van der Waals surface area (Å²) in [6, 6.07) is 6.46. The van der Waals surface area contributed by atoms with Crippen LogP contribution in [0.2, 0.25) is 0 Å². The minimum atomic E-state index is -1.16. The first-order valence-corrected chi connectivity index (χ1v) is 8.66. The summed E-state index contributed by atoms with van der Waals surface area (Å²) in [5.74, 6) is 0.00587. The Labute approximate surface area is 152 Å². The number of hydrogen-bond donors (Lipinski definition) is 1. The zero-order valence-electron chi connectivity index (χ0n) is 15.0. The Morgan fingerprint density at radius 3 is 2.46 bits per heavy atom. The van der Waals surface area contributed by atoms with Crippen LogP contribution in [0.25, 0.3) is 0 Å². The van der Waals surface area contributed by atoms with Crippen LogP contribution in [0, 0.1) is 0 Å². The Morgan fingerprint density at radius 2 is 1.88 bits per heavy atom. The molecular formula is C18H23N3O5. The Hall–Kier alpha value is -2.61. The number of amides is 4. The Balaban J connectivity index is 1.80. The summed E-state index contributed by atoms with van der Waals surface area (Å²) in [5, 5.41) is 2.78. The molecule has 2 aliphatic rings. The number of nitrogens with one attached hydrogen (secondary N) is 1. The lowest BCUT2D eigenvalue weighted by atomic mass is 9.87. The third kappa shape index (κ3) is 3.12. The maximum Gasteiger partial charge on any atom is 0.325 e. The van der Waals surface area contributed by atoms with E-state index in [0.717, 1.165) is 4.90 Å². The number of urea groups is 1. The molecule has 2 aliphatic heterocycles. The van der Waals surface area contributed by atoms with E-state index in [4.69, 9.17) is 9.47 Å². The predicted octanol–water partition coefficient (Wildman–Crippen LogP) is 0.711. The predicted molar refractivity (Wildman–Crippen MR) is 92.6 cm³/mol. The fourth-order valence-electron chi connectivity index (χ4n) is 3.33. The van der Waals surface area contributed by atoms with Crippen molar-refractivity contribution in [3.8, 4) is 5.75 Å². The molecule has 26 heavy (non-hydrogen) atoms. The molecule has 1 aromatic rings. The number of imide groups is 1. The van der Waals surface area contributed by atoms with Crippen LogP contribution >= 0.6 is 0 Å². The van der Waals surface area contributed by atoms with Crippen LogP contribution in [0.3, 0.4) is 0 Å². The maximum atomic E-state index is 13.1. The van der Waals surface area contributed by atoms with E-state index in [-0.39, 0.29) is 12.5 Å². The highest BCUT2D eigenvalue weighted by atomic mass is 16.5. The van der Waals surface area contributed by atoms with Gasteiger partial charge in [-0.15, -0.1) is 0 Å². The van der Waals surface area contributed by atoms with Crippen LogP contribution < -0.4 is 10.1 Å². The van der Waals surface area contributed by atoms with Gasteiger partial charge in [-0.05, 0) is 24.1 Å². The van der Waals surface area contributed by atoms with Gasteiger partial charge in [-0.25, -0.2) is 4.79 Å². The Kier molecular flexibility index (Phi) is 5.13. The lowest BCUT2D eigenvalue weighted by molar-refractivity contribution is -0.141. The summed E-state index contributed by atoms with van der Waals surface area (Å²) in [7, 11) is 1.56. The van der Waals surface area contributed by atoms with Gasteiger partial charge >= 0.3 is 6.03 Å². The van der Waals surface area contributed by atoms with Crippen molar-refractivity contribution in [2.45, 2.75) is 18.9 Å². The van der Waals surface area contributed by atoms with Gasteiger partial charge in [0.1, 0.15) is 17.8 Å². The number of benzene rings is 1. The van der Waals surface area contributed by atoms with E-state index in [0.29, 0.717) is 44.0 Å². The molecule has 1 N–H and O–H groups in total. The van der Waals surface area contributed by atoms with Crippen LogP contribution in [0.15, 0.2) is 24.3 Å². The molecule has 0 radical (unpaired) electrons. The normalized spacial score (nSPS) is 23.2. The van der Waals surface area contributed by atoms with Gasteiger partial charge in [0, 0.05) is 13.1 Å². The molecule has 140 valence electrons. The number of nitrogens with zero attached hydrogens (tertiary/aromatic N) is 2. The second-order valence-corrected chi connectivity index (χ2v) is 6.30. The van der Waals surface area contributed by atoms with Gasteiger partial charge in [-0.1, -0.05) is 19.1 Å². The van der Waals surface area contributed by atoms with E-state index in [1.54, 1.807) is 36.3 Å². The molecule has 0 unspecified atom stereocenters. The van der Waals surface area contributed by atoms with Crippen molar-refractivity contribution in [1.82, 2.24) is 15.1 Å². The second kappa shape index (κ2) is 7.33. The van der Waals surface area contributed by atoms with E-state index < -0.39 is 17.5 Å². The van der Waals surface area contributed by atoms with Crippen LogP contribution in [-0.4, -0.2) is 67.6 Å². The molecule has 2 heterocycles. The number of ether oxygens (including phenoxy) is 2. The number of hydrogen-bond acceptors (Lipinski definition) is 5. The van der Waals surface area contributed by atoms with Crippen molar-refractivity contribution in [2.24, 2.45) is 0 Å². The van der Waals surface area contributed by atoms with E-state index in [9.17, 15) is 14.4 Å². The number of methoxy groups -OCH3 is 1. The highest BCUT2D eigenvalue weighted by molar-refractivity contribution is 6.09. The van der Waals surface area contributed by atoms with Crippen molar-refractivity contribution in [3.63, 3.8) is 0 Å². The van der Waals surface area contributed by atoms with Gasteiger partial charge in [0.05, 0.1) is 20.3 Å². The average Bonchev–Trinajstić information content (AvgIpc) is 2.93. The van der Waals surface area contributed by atoms with Crippen molar-refractivity contribution >= 4 is 17.8 Å². The van der Waals surface area contributed by atoms with E-state index >= 15 is 0 Å². The summed E-state index contributed by atoms with van der Waals surface area (Å²) >= 11 is 0. The lowest BCUT2D eigenvalue weighted by Gasteiger charge is -2.29. The molecule has 8 nitrogen and oxygen atoms in total. The molecule has 8 heteroatoms. The molecule has 0 aromatic heterocycles. The molecule has 4 amide bonds. The number of carbonyl (C=O) groups excluding carboxylic acids is 3. The molecule has 3 rings (SSSR count). The third-order valence-electron chi connectivity index (χ3n) is 4.95. The van der Waals surface area contributed by atoms with Crippen molar-refractivity contribution in [1.29, 1.82) is 0 Å². The summed E-state index contributed by atoms with van der Waals surface area (Å²) in [4.78, 5) is 40.6. The zero-order valence-corrected chi connectivity index (χ0v) is 15.0. The van der Waals surface area contributed by atoms with Gasteiger partial charge in [0.15, 0.2) is 0 Å². The van der Waals surface area contributed by atoms with Gasteiger partial charge < -0.3 is 19.7 Å². The van der Waals surface area contributed by atoms with Gasteiger partial charge in [-0.3, -0.25) is 14.5 Å². The molecule has 2 saturated heterocycles. The molecule has 1 atom stereocenters. The summed E-state index contributed by atoms with van der Waals surface area (Å²) in [6.45, 7) is 3.45. The monoisotopic (exact) mass is 361 g/mol. The minimum absolute atomic E-state index is 0.251. The molecular weight excluding hydrogens is 338 g/mol. The highest BCUT2D eigenvalue weighted by Crippen LogP contribution is 2.33. The van der Waals surface area contributed by atoms with E-state index in [1.807, 2.05) is 6.92 Å². The van der Waals surface area contributed by atoms with Crippen molar-refractivity contribution in [2.75, 3.05) is 40.0 Å².